The van der Waals surface area contributed by atoms with Gasteiger partial charge in [-0.15, -0.1) is 11.3 Å². The summed E-state index contributed by atoms with van der Waals surface area (Å²) in [5, 5.41) is 9.87. The highest BCUT2D eigenvalue weighted by molar-refractivity contribution is 7.89. The molecule has 0 amide bonds. The highest BCUT2D eigenvalue weighted by Crippen LogP contribution is 2.38. The average Bonchev–Trinajstić information content (AvgIpc) is 3.02. The van der Waals surface area contributed by atoms with Crippen LogP contribution in [0.15, 0.2) is 29.2 Å². The van der Waals surface area contributed by atoms with Gasteiger partial charge in [0.2, 0.25) is 10.0 Å². The molecule has 1 aromatic carbocycles. The lowest BCUT2D eigenvalue weighted by Crippen LogP contribution is -2.34. The summed E-state index contributed by atoms with van der Waals surface area (Å²) in [5.41, 5.74) is 0. The number of sulfonamides is 1. The number of fused-ring (bicyclic) bond motifs is 1. The van der Waals surface area contributed by atoms with Gasteiger partial charge in [0.05, 0.1) is 0 Å². The Morgan fingerprint density at radius 1 is 1.38 bits per heavy atom. The van der Waals surface area contributed by atoms with E-state index in [0.717, 1.165) is 24.2 Å². The van der Waals surface area contributed by atoms with E-state index >= 15 is 0 Å². The molecule has 7 heteroatoms. The van der Waals surface area contributed by atoms with E-state index in [1.54, 1.807) is 24.3 Å². The van der Waals surface area contributed by atoms with Crippen LogP contribution in [0.1, 0.15) is 29.4 Å². The maximum atomic E-state index is 12.9. The molecule has 0 saturated carbocycles. The Morgan fingerprint density at radius 2 is 2.10 bits per heavy atom. The van der Waals surface area contributed by atoms with Crippen molar-refractivity contribution >= 4 is 37.4 Å². The van der Waals surface area contributed by atoms with E-state index in [1.165, 1.54) is 4.31 Å². The zero-order valence-electron chi connectivity index (χ0n) is 11.4. The minimum atomic E-state index is -3.78. The summed E-state index contributed by atoms with van der Waals surface area (Å²) < 4.78 is 27.9. The van der Waals surface area contributed by atoms with E-state index in [2.05, 4.69) is 0 Å². The van der Waals surface area contributed by atoms with Crippen LogP contribution in [0.25, 0.3) is 10.1 Å². The first-order valence-corrected chi connectivity index (χ1v) is 8.95. The predicted molar refractivity (Wildman–Crippen MR) is 81.4 cm³/mol. The number of carbonyl (C=O) groups is 1. The van der Waals surface area contributed by atoms with Crippen LogP contribution in [0, 0.1) is 0 Å². The molecule has 0 radical (unpaired) electrons. The standard InChI is InChI=1S/C14H15NO4S2/c1-9-5-4-8-15(9)21(18,19)13-10-6-2-3-7-11(10)20-12(13)14(16)17/h2-3,6-7,9H,4-5,8H2,1H3,(H,16,17). The second-order valence-corrected chi connectivity index (χ2v) is 8.05. The highest BCUT2D eigenvalue weighted by atomic mass is 32.2. The summed E-state index contributed by atoms with van der Waals surface area (Å²) in [4.78, 5) is 11.3. The molecular formula is C14H15NO4S2. The first kappa shape index (κ1) is 14.5. The van der Waals surface area contributed by atoms with E-state index in [1.807, 2.05) is 6.92 Å². The first-order valence-electron chi connectivity index (χ1n) is 6.69. The predicted octanol–water partition coefficient (Wildman–Crippen LogP) is 2.77. The number of carboxylic acids is 1. The maximum Gasteiger partial charge on any atom is 0.347 e. The number of benzene rings is 1. The van der Waals surface area contributed by atoms with Gasteiger partial charge in [-0.1, -0.05) is 18.2 Å². The number of carboxylic acid groups (broad SMARTS) is 1. The second kappa shape index (κ2) is 5.08. The lowest BCUT2D eigenvalue weighted by Gasteiger charge is -2.21. The van der Waals surface area contributed by atoms with Crippen LogP contribution in [-0.2, 0) is 10.0 Å². The van der Waals surface area contributed by atoms with Gasteiger partial charge in [-0.2, -0.15) is 4.31 Å². The Morgan fingerprint density at radius 3 is 2.71 bits per heavy atom. The molecule has 1 atom stereocenters. The molecule has 3 rings (SSSR count). The van der Waals surface area contributed by atoms with E-state index in [4.69, 9.17) is 0 Å². The van der Waals surface area contributed by atoms with E-state index in [-0.39, 0.29) is 15.8 Å². The number of aromatic carboxylic acids is 1. The molecule has 21 heavy (non-hydrogen) atoms. The Bertz CT molecular complexity index is 809. The third-order valence-electron chi connectivity index (χ3n) is 3.80. The van der Waals surface area contributed by atoms with Gasteiger partial charge in [0.15, 0.2) is 0 Å². The topological polar surface area (TPSA) is 74.7 Å². The Labute approximate surface area is 126 Å². The minimum absolute atomic E-state index is 0.0515. The second-order valence-electron chi connectivity index (χ2n) is 5.17. The van der Waals surface area contributed by atoms with Crippen molar-refractivity contribution in [1.82, 2.24) is 4.31 Å². The van der Waals surface area contributed by atoms with Crippen LogP contribution >= 0.6 is 11.3 Å². The van der Waals surface area contributed by atoms with Crippen LogP contribution in [0.5, 0.6) is 0 Å². The van der Waals surface area contributed by atoms with Gasteiger partial charge in [0.25, 0.3) is 0 Å². The Kier molecular flexibility index (Phi) is 3.51. The molecule has 1 saturated heterocycles. The number of thiophene rings is 1. The van der Waals surface area contributed by atoms with Crippen LogP contribution < -0.4 is 0 Å². The molecule has 0 aliphatic carbocycles. The number of nitrogens with zero attached hydrogens (tertiary/aromatic N) is 1. The highest BCUT2D eigenvalue weighted by Gasteiger charge is 2.37. The molecule has 0 bridgehead atoms. The summed E-state index contributed by atoms with van der Waals surface area (Å²) in [6.07, 6.45) is 1.62. The first-order chi connectivity index (χ1) is 9.93. The number of rotatable bonds is 3. The summed E-state index contributed by atoms with van der Waals surface area (Å²) in [6.45, 7) is 2.31. The number of hydrogen-bond acceptors (Lipinski definition) is 4. The van der Waals surface area contributed by atoms with E-state index in [0.29, 0.717) is 16.6 Å². The molecule has 0 spiro atoms. The van der Waals surface area contributed by atoms with Gasteiger partial charge in [-0.3, -0.25) is 0 Å². The SMILES string of the molecule is CC1CCCN1S(=O)(=O)c1c(C(=O)O)sc2ccccc12. The molecule has 1 unspecified atom stereocenters. The van der Waals surface area contributed by atoms with Crippen molar-refractivity contribution in [3.8, 4) is 0 Å². The monoisotopic (exact) mass is 325 g/mol. The van der Waals surface area contributed by atoms with Crippen molar-refractivity contribution in [3.05, 3.63) is 29.1 Å². The van der Waals surface area contributed by atoms with Crippen LogP contribution in [0.2, 0.25) is 0 Å². The lowest BCUT2D eigenvalue weighted by molar-refractivity contribution is 0.0698. The van der Waals surface area contributed by atoms with E-state index < -0.39 is 16.0 Å². The third-order valence-corrected chi connectivity index (χ3v) is 7.19. The quantitative estimate of drug-likeness (QED) is 0.941. The zero-order valence-corrected chi connectivity index (χ0v) is 13.1. The third kappa shape index (κ3) is 2.25. The molecule has 2 aromatic rings. The lowest BCUT2D eigenvalue weighted by atomic mass is 10.2. The molecular weight excluding hydrogens is 310 g/mol. The molecule has 2 heterocycles. The average molecular weight is 325 g/mol. The molecule has 112 valence electrons. The number of hydrogen-bond donors (Lipinski definition) is 1. The summed E-state index contributed by atoms with van der Waals surface area (Å²) >= 11 is 1.01. The molecule has 1 aliphatic heterocycles. The van der Waals surface area contributed by atoms with Gasteiger partial charge >= 0.3 is 5.97 Å². The van der Waals surface area contributed by atoms with Crippen LogP contribution in [-0.4, -0.2) is 36.4 Å². The van der Waals surface area contributed by atoms with Gasteiger partial charge in [-0.25, -0.2) is 13.2 Å². The van der Waals surface area contributed by atoms with Gasteiger partial charge in [0, 0.05) is 22.7 Å². The fourth-order valence-electron chi connectivity index (χ4n) is 2.80. The summed E-state index contributed by atoms with van der Waals surface area (Å²) in [5.74, 6) is -1.19. The molecule has 1 N–H and O–H groups in total. The van der Waals surface area contributed by atoms with Crippen molar-refractivity contribution in [3.63, 3.8) is 0 Å². The van der Waals surface area contributed by atoms with E-state index in [9.17, 15) is 18.3 Å². The Hall–Kier alpha value is -1.44. The van der Waals surface area contributed by atoms with Crippen LogP contribution in [0.3, 0.4) is 0 Å². The fraction of sp³-hybridized carbons (Fsp3) is 0.357. The van der Waals surface area contributed by atoms with Crippen LogP contribution in [0.4, 0.5) is 0 Å². The molecule has 1 fully saturated rings. The van der Waals surface area contributed by atoms with Crippen molar-refractivity contribution in [2.24, 2.45) is 0 Å². The van der Waals surface area contributed by atoms with Crippen molar-refractivity contribution < 1.29 is 18.3 Å². The van der Waals surface area contributed by atoms with Gasteiger partial charge < -0.3 is 5.11 Å². The minimum Gasteiger partial charge on any atom is -0.477 e. The van der Waals surface area contributed by atoms with Gasteiger partial charge in [0.1, 0.15) is 9.77 Å². The molecule has 1 aromatic heterocycles. The van der Waals surface area contributed by atoms with Crippen molar-refractivity contribution in [2.45, 2.75) is 30.7 Å². The summed E-state index contributed by atoms with van der Waals surface area (Å²) in [6, 6.07) is 6.84. The fourth-order valence-corrected chi connectivity index (χ4v) is 6.20. The zero-order chi connectivity index (χ0) is 15.2. The Balaban J connectivity index is 2.28. The summed E-state index contributed by atoms with van der Waals surface area (Å²) in [7, 11) is -3.78. The molecule has 5 nitrogen and oxygen atoms in total. The molecule has 1 aliphatic rings. The normalized spacial score (nSPS) is 20.1. The maximum absolute atomic E-state index is 12.9. The smallest absolute Gasteiger partial charge is 0.347 e. The van der Waals surface area contributed by atoms with Crippen molar-refractivity contribution in [1.29, 1.82) is 0 Å². The van der Waals surface area contributed by atoms with Crippen molar-refractivity contribution in [2.75, 3.05) is 6.54 Å². The largest absolute Gasteiger partial charge is 0.477 e. The van der Waals surface area contributed by atoms with Gasteiger partial charge in [-0.05, 0) is 25.8 Å².